The van der Waals surface area contributed by atoms with Crippen LogP contribution in [0, 0.1) is 0 Å². The van der Waals surface area contributed by atoms with Gasteiger partial charge in [0.1, 0.15) is 5.76 Å². The normalized spacial score (nSPS) is 12.8. The van der Waals surface area contributed by atoms with Crippen molar-refractivity contribution in [1.29, 1.82) is 0 Å². The minimum Gasteiger partial charge on any atom is -0.463 e. The summed E-state index contributed by atoms with van der Waals surface area (Å²) in [5.41, 5.74) is 0.621. The van der Waals surface area contributed by atoms with Gasteiger partial charge in [0.25, 0.3) is 5.56 Å². The summed E-state index contributed by atoms with van der Waals surface area (Å²) < 4.78 is 12.1. The van der Waals surface area contributed by atoms with Gasteiger partial charge in [0.15, 0.2) is 5.16 Å². The molecule has 1 unspecified atom stereocenters. The number of benzene rings is 1. The Bertz CT molecular complexity index is 1130. The van der Waals surface area contributed by atoms with E-state index in [0.717, 1.165) is 6.54 Å². The van der Waals surface area contributed by atoms with Crippen molar-refractivity contribution in [3.63, 3.8) is 0 Å². The predicted molar refractivity (Wildman–Crippen MR) is 127 cm³/mol. The first-order valence-electron chi connectivity index (χ1n) is 10.8. The van der Waals surface area contributed by atoms with Crippen LogP contribution in [-0.2, 0) is 11.3 Å². The number of rotatable bonds is 9. The number of furan rings is 1. The number of methoxy groups -OCH3 is 1. The average Bonchev–Trinajstić information content (AvgIpc) is 3.25. The van der Waals surface area contributed by atoms with Crippen molar-refractivity contribution in [1.82, 2.24) is 14.5 Å². The van der Waals surface area contributed by atoms with Gasteiger partial charge in [0, 0.05) is 25.2 Å². The monoisotopic (exact) mass is 457 g/mol. The van der Waals surface area contributed by atoms with Gasteiger partial charge in [0.2, 0.25) is 5.76 Å². The molecule has 1 aromatic carbocycles. The summed E-state index contributed by atoms with van der Waals surface area (Å²) in [4.78, 5) is 32.2. The Morgan fingerprint density at radius 3 is 2.47 bits per heavy atom. The fraction of sp³-hybridized carbons (Fsp3) is 0.458. The summed E-state index contributed by atoms with van der Waals surface area (Å²) >= 11 is 1.44. The van der Waals surface area contributed by atoms with E-state index in [0.29, 0.717) is 40.4 Å². The van der Waals surface area contributed by atoms with Gasteiger partial charge >= 0.3 is 5.97 Å². The second-order valence-electron chi connectivity index (χ2n) is 8.25. The van der Waals surface area contributed by atoms with Gasteiger partial charge < -0.3 is 9.15 Å². The highest BCUT2D eigenvalue weighted by atomic mass is 32.2. The number of carbonyl (C=O) groups is 1. The molecular weight excluding hydrogens is 426 g/mol. The number of ether oxygens (including phenoxy) is 1. The molecule has 172 valence electrons. The van der Waals surface area contributed by atoms with Crippen LogP contribution in [0.15, 0.2) is 50.8 Å². The number of carbonyl (C=O) groups excluding carboxylic acids is 1. The molecule has 2 aromatic heterocycles. The number of para-hydroxylation sites is 1. The number of nitrogens with zero attached hydrogens (tertiary/aromatic N) is 3. The maximum Gasteiger partial charge on any atom is 0.373 e. The standard InChI is InChI=1S/C24H31N3O4S/c1-15(2)26(16(3)4)13-14-27-22(28)18-9-7-8-10-19(18)25-24(27)32-17(5)20-11-12-21(31-20)23(29)30-6/h7-12,15-17H,13-14H2,1-6H3. The highest BCUT2D eigenvalue weighted by Gasteiger charge is 2.21. The highest BCUT2D eigenvalue weighted by Crippen LogP contribution is 2.35. The van der Waals surface area contributed by atoms with E-state index in [2.05, 4.69) is 32.6 Å². The maximum absolute atomic E-state index is 13.4. The molecule has 0 aliphatic heterocycles. The molecule has 2 heterocycles. The molecule has 0 aliphatic carbocycles. The van der Waals surface area contributed by atoms with Crippen molar-refractivity contribution in [3.8, 4) is 0 Å². The Labute approximate surface area is 192 Å². The number of hydrogen-bond donors (Lipinski definition) is 0. The number of thioether (sulfide) groups is 1. The van der Waals surface area contributed by atoms with Crippen LogP contribution in [0.4, 0.5) is 0 Å². The Morgan fingerprint density at radius 1 is 1.12 bits per heavy atom. The fourth-order valence-electron chi connectivity index (χ4n) is 3.76. The number of hydrogen-bond acceptors (Lipinski definition) is 7. The first kappa shape index (κ1) is 24.1. The third-order valence-electron chi connectivity index (χ3n) is 5.43. The average molecular weight is 458 g/mol. The molecule has 0 aliphatic rings. The van der Waals surface area contributed by atoms with Crippen LogP contribution in [0.25, 0.3) is 10.9 Å². The van der Waals surface area contributed by atoms with Crippen molar-refractivity contribution in [2.24, 2.45) is 0 Å². The highest BCUT2D eigenvalue weighted by molar-refractivity contribution is 7.99. The van der Waals surface area contributed by atoms with E-state index in [-0.39, 0.29) is 16.6 Å². The molecule has 0 saturated carbocycles. The van der Waals surface area contributed by atoms with E-state index in [9.17, 15) is 9.59 Å². The number of fused-ring (bicyclic) bond motifs is 1. The van der Waals surface area contributed by atoms with E-state index >= 15 is 0 Å². The van der Waals surface area contributed by atoms with Crippen molar-refractivity contribution >= 4 is 28.6 Å². The van der Waals surface area contributed by atoms with Crippen molar-refractivity contribution < 1.29 is 13.9 Å². The van der Waals surface area contributed by atoms with Crippen LogP contribution >= 0.6 is 11.8 Å². The molecule has 0 radical (unpaired) electrons. The van der Waals surface area contributed by atoms with E-state index in [1.54, 1.807) is 16.7 Å². The zero-order valence-electron chi connectivity index (χ0n) is 19.5. The molecule has 0 fully saturated rings. The largest absolute Gasteiger partial charge is 0.463 e. The predicted octanol–water partition coefficient (Wildman–Crippen LogP) is 4.75. The Kier molecular flexibility index (Phi) is 7.79. The Balaban J connectivity index is 1.95. The van der Waals surface area contributed by atoms with Crippen molar-refractivity contribution in [3.05, 3.63) is 58.3 Å². The number of esters is 1. The molecule has 0 spiro atoms. The summed E-state index contributed by atoms with van der Waals surface area (Å²) in [5.74, 6) is 0.260. The van der Waals surface area contributed by atoms with Gasteiger partial charge in [-0.2, -0.15) is 0 Å². The lowest BCUT2D eigenvalue weighted by molar-refractivity contribution is 0.0563. The zero-order chi connectivity index (χ0) is 23.4. The minimum absolute atomic E-state index is 0.0487. The SMILES string of the molecule is COC(=O)c1ccc(C(C)Sc2nc3ccccc3c(=O)n2CCN(C(C)C)C(C)C)o1. The van der Waals surface area contributed by atoms with Crippen molar-refractivity contribution in [2.75, 3.05) is 13.7 Å². The van der Waals surface area contributed by atoms with Gasteiger partial charge in [-0.3, -0.25) is 14.3 Å². The lowest BCUT2D eigenvalue weighted by atomic mass is 10.2. The third kappa shape index (κ3) is 5.24. The topological polar surface area (TPSA) is 77.6 Å². The maximum atomic E-state index is 13.4. The summed E-state index contributed by atoms with van der Waals surface area (Å²) in [6.45, 7) is 11.9. The van der Waals surface area contributed by atoms with Gasteiger partial charge in [-0.1, -0.05) is 23.9 Å². The quantitative estimate of drug-likeness (QED) is 0.261. The summed E-state index contributed by atoms with van der Waals surface area (Å²) in [6.07, 6.45) is 0. The molecule has 0 amide bonds. The minimum atomic E-state index is -0.517. The van der Waals surface area contributed by atoms with E-state index < -0.39 is 5.97 Å². The molecule has 8 heteroatoms. The smallest absolute Gasteiger partial charge is 0.373 e. The molecule has 3 aromatic rings. The molecule has 7 nitrogen and oxygen atoms in total. The van der Waals surface area contributed by atoms with E-state index in [1.165, 1.54) is 18.9 Å². The van der Waals surface area contributed by atoms with Crippen LogP contribution < -0.4 is 5.56 Å². The van der Waals surface area contributed by atoms with Crippen LogP contribution in [0.3, 0.4) is 0 Å². The fourth-order valence-corrected chi connectivity index (χ4v) is 4.77. The zero-order valence-corrected chi connectivity index (χ0v) is 20.3. The van der Waals surface area contributed by atoms with Gasteiger partial charge in [-0.15, -0.1) is 0 Å². The molecular formula is C24H31N3O4S. The third-order valence-corrected chi connectivity index (χ3v) is 6.54. The lowest BCUT2D eigenvalue weighted by Gasteiger charge is -2.31. The molecule has 3 rings (SSSR count). The van der Waals surface area contributed by atoms with Crippen LogP contribution in [0.2, 0.25) is 0 Å². The van der Waals surface area contributed by atoms with Crippen LogP contribution in [-0.4, -0.2) is 46.2 Å². The molecule has 0 bridgehead atoms. The second kappa shape index (κ2) is 10.4. The van der Waals surface area contributed by atoms with Crippen molar-refractivity contribution in [2.45, 2.75) is 63.7 Å². The van der Waals surface area contributed by atoms with Crippen LogP contribution in [0.5, 0.6) is 0 Å². The van der Waals surface area contributed by atoms with Gasteiger partial charge in [-0.05, 0) is 58.9 Å². The van der Waals surface area contributed by atoms with Gasteiger partial charge in [0.05, 0.1) is 23.3 Å². The summed E-state index contributed by atoms with van der Waals surface area (Å²) in [7, 11) is 1.32. The first-order valence-corrected chi connectivity index (χ1v) is 11.7. The van der Waals surface area contributed by atoms with Gasteiger partial charge in [-0.25, -0.2) is 9.78 Å². The molecule has 1 atom stereocenters. The van der Waals surface area contributed by atoms with E-state index in [4.69, 9.17) is 14.1 Å². The second-order valence-corrected chi connectivity index (χ2v) is 9.56. The summed E-state index contributed by atoms with van der Waals surface area (Å²) in [6, 6.07) is 11.5. The number of aromatic nitrogens is 2. The Morgan fingerprint density at radius 2 is 1.81 bits per heavy atom. The first-order chi connectivity index (χ1) is 15.2. The summed E-state index contributed by atoms with van der Waals surface area (Å²) in [5, 5.41) is 1.08. The Hall–Kier alpha value is -2.58. The lowest BCUT2D eigenvalue weighted by Crippen LogP contribution is -2.40. The molecule has 0 N–H and O–H groups in total. The molecule has 32 heavy (non-hydrogen) atoms. The van der Waals surface area contributed by atoms with Crippen LogP contribution in [0.1, 0.15) is 56.2 Å². The molecule has 0 saturated heterocycles. The van der Waals surface area contributed by atoms with E-state index in [1.807, 2.05) is 31.2 Å².